The van der Waals surface area contributed by atoms with E-state index in [0.717, 1.165) is 11.1 Å². The highest BCUT2D eigenvalue weighted by Gasteiger charge is 2.09. The van der Waals surface area contributed by atoms with Gasteiger partial charge in [0.15, 0.2) is 6.61 Å². The van der Waals surface area contributed by atoms with E-state index in [0.29, 0.717) is 23.7 Å². The predicted octanol–water partition coefficient (Wildman–Crippen LogP) is 3.52. The van der Waals surface area contributed by atoms with Gasteiger partial charge in [0.05, 0.1) is 6.61 Å². The summed E-state index contributed by atoms with van der Waals surface area (Å²) in [5, 5.41) is 5.33. The Kier molecular flexibility index (Phi) is 7.63. The molecule has 0 atom stereocenters. The van der Waals surface area contributed by atoms with E-state index in [4.69, 9.17) is 14.2 Å². The van der Waals surface area contributed by atoms with Gasteiger partial charge in [-0.3, -0.25) is 10.1 Å². The Bertz CT molecular complexity index is 771. The van der Waals surface area contributed by atoms with Gasteiger partial charge in [-0.1, -0.05) is 24.3 Å². The third-order valence-electron chi connectivity index (χ3n) is 3.67. The van der Waals surface area contributed by atoms with Gasteiger partial charge in [0.1, 0.15) is 12.4 Å². The largest absolute Gasteiger partial charge is 0.483 e. The molecule has 0 aliphatic carbocycles. The minimum Gasteiger partial charge on any atom is -0.483 e. The van der Waals surface area contributed by atoms with Crippen molar-refractivity contribution in [2.75, 3.05) is 37.6 Å². The predicted molar refractivity (Wildman–Crippen MR) is 103 cm³/mol. The van der Waals surface area contributed by atoms with Crippen LogP contribution in [0.25, 0.3) is 0 Å². The standard InChI is InChI=1S/C20H24N2O5/c1-14-6-4-7-15(2)19(14)27-13-18(23)21-16-8-5-9-17(12-16)22-20(24)26-11-10-25-3/h4-9,12H,10-11,13H2,1-3H3,(H,21,23)(H,22,24). The van der Waals surface area contributed by atoms with E-state index in [9.17, 15) is 9.59 Å². The summed E-state index contributed by atoms with van der Waals surface area (Å²) in [7, 11) is 1.53. The summed E-state index contributed by atoms with van der Waals surface area (Å²) in [4.78, 5) is 23.8. The van der Waals surface area contributed by atoms with Gasteiger partial charge in [0, 0.05) is 18.5 Å². The Hall–Kier alpha value is -3.06. The van der Waals surface area contributed by atoms with E-state index < -0.39 is 6.09 Å². The van der Waals surface area contributed by atoms with Crippen LogP contribution in [0.15, 0.2) is 42.5 Å². The van der Waals surface area contributed by atoms with Crippen molar-refractivity contribution in [3.8, 4) is 5.75 Å². The molecule has 0 fully saturated rings. The van der Waals surface area contributed by atoms with E-state index in [1.54, 1.807) is 24.3 Å². The summed E-state index contributed by atoms with van der Waals surface area (Å²) >= 11 is 0. The van der Waals surface area contributed by atoms with Gasteiger partial charge in [0.25, 0.3) is 5.91 Å². The molecule has 0 aromatic heterocycles. The molecular weight excluding hydrogens is 348 g/mol. The fourth-order valence-corrected chi connectivity index (χ4v) is 2.41. The number of aryl methyl sites for hydroxylation is 2. The van der Waals surface area contributed by atoms with Gasteiger partial charge in [0.2, 0.25) is 0 Å². The molecule has 0 radical (unpaired) electrons. The molecule has 144 valence electrons. The lowest BCUT2D eigenvalue weighted by Crippen LogP contribution is -2.21. The number of methoxy groups -OCH3 is 1. The van der Waals surface area contributed by atoms with Crippen LogP contribution in [0.4, 0.5) is 16.2 Å². The van der Waals surface area contributed by atoms with Crippen molar-refractivity contribution in [1.82, 2.24) is 0 Å². The van der Waals surface area contributed by atoms with Crippen molar-refractivity contribution in [2.45, 2.75) is 13.8 Å². The molecule has 2 amide bonds. The molecule has 2 aromatic rings. The second-order valence-electron chi connectivity index (χ2n) is 5.89. The number of nitrogens with one attached hydrogen (secondary N) is 2. The van der Waals surface area contributed by atoms with Gasteiger partial charge >= 0.3 is 6.09 Å². The number of benzene rings is 2. The van der Waals surface area contributed by atoms with Crippen LogP contribution in [0, 0.1) is 13.8 Å². The third kappa shape index (κ3) is 6.63. The quantitative estimate of drug-likeness (QED) is 0.693. The number of para-hydroxylation sites is 1. The van der Waals surface area contributed by atoms with Gasteiger partial charge in [-0.05, 0) is 43.2 Å². The first-order valence-corrected chi connectivity index (χ1v) is 8.51. The molecule has 2 aromatic carbocycles. The van der Waals surface area contributed by atoms with E-state index in [2.05, 4.69) is 10.6 Å². The van der Waals surface area contributed by atoms with E-state index in [1.807, 2.05) is 32.0 Å². The molecule has 0 saturated heterocycles. The minimum absolute atomic E-state index is 0.109. The van der Waals surface area contributed by atoms with Crippen molar-refractivity contribution in [2.24, 2.45) is 0 Å². The highest BCUT2D eigenvalue weighted by molar-refractivity contribution is 5.93. The van der Waals surface area contributed by atoms with Gasteiger partial charge in [-0.25, -0.2) is 4.79 Å². The zero-order valence-electron chi connectivity index (χ0n) is 15.7. The minimum atomic E-state index is -0.589. The molecule has 0 heterocycles. The van der Waals surface area contributed by atoms with Gasteiger partial charge < -0.3 is 19.5 Å². The first-order valence-electron chi connectivity index (χ1n) is 8.51. The first-order chi connectivity index (χ1) is 13.0. The number of hydrogen-bond donors (Lipinski definition) is 2. The zero-order valence-corrected chi connectivity index (χ0v) is 15.7. The lowest BCUT2D eigenvalue weighted by molar-refractivity contribution is -0.118. The second kappa shape index (κ2) is 10.2. The SMILES string of the molecule is COCCOC(=O)Nc1cccc(NC(=O)COc2c(C)cccc2C)c1. The molecule has 0 spiro atoms. The fourth-order valence-electron chi connectivity index (χ4n) is 2.41. The molecule has 0 bridgehead atoms. The lowest BCUT2D eigenvalue weighted by Gasteiger charge is -2.12. The topological polar surface area (TPSA) is 85.9 Å². The molecule has 0 aliphatic rings. The van der Waals surface area contributed by atoms with Crippen LogP contribution in [0.3, 0.4) is 0 Å². The van der Waals surface area contributed by atoms with Gasteiger partial charge in [-0.15, -0.1) is 0 Å². The normalized spacial score (nSPS) is 10.2. The van der Waals surface area contributed by atoms with E-state index in [-0.39, 0.29) is 19.1 Å². The summed E-state index contributed by atoms with van der Waals surface area (Å²) in [6.45, 7) is 4.24. The number of ether oxygens (including phenoxy) is 3. The maximum Gasteiger partial charge on any atom is 0.411 e. The summed E-state index contributed by atoms with van der Waals surface area (Å²) in [6.07, 6.45) is -0.589. The number of rotatable bonds is 8. The van der Waals surface area contributed by atoms with E-state index in [1.165, 1.54) is 7.11 Å². The van der Waals surface area contributed by atoms with Crippen molar-refractivity contribution < 1.29 is 23.8 Å². The van der Waals surface area contributed by atoms with Crippen LogP contribution in [-0.2, 0) is 14.3 Å². The summed E-state index contributed by atoms with van der Waals surface area (Å²) < 4.78 is 15.4. The average molecular weight is 372 g/mol. The monoisotopic (exact) mass is 372 g/mol. The Morgan fingerprint density at radius 1 is 0.926 bits per heavy atom. The van der Waals surface area contributed by atoms with Crippen molar-refractivity contribution in [3.63, 3.8) is 0 Å². The van der Waals surface area contributed by atoms with Gasteiger partial charge in [-0.2, -0.15) is 0 Å². The maximum absolute atomic E-state index is 12.2. The first kappa shape index (κ1) is 20.3. The fraction of sp³-hybridized carbons (Fsp3) is 0.300. The highest BCUT2D eigenvalue weighted by Crippen LogP contribution is 2.22. The van der Waals surface area contributed by atoms with Crippen LogP contribution in [0.5, 0.6) is 5.75 Å². The Morgan fingerprint density at radius 2 is 1.56 bits per heavy atom. The molecule has 0 unspecified atom stereocenters. The molecule has 0 saturated carbocycles. The second-order valence-corrected chi connectivity index (χ2v) is 5.89. The van der Waals surface area contributed by atoms with E-state index >= 15 is 0 Å². The summed E-state index contributed by atoms with van der Waals surface area (Å²) in [5.74, 6) is 0.416. The molecule has 7 nitrogen and oxygen atoms in total. The van der Waals surface area contributed by atoms with Crippen LogP contribution in [-0.4, -0.2) is 38.9 Å². The zero-order chi connectivity index (χ0) is 19.6. The summed E-state index contributed by atoms with van der Waals surface area (Å²) in [6, 6.07) is 12.6. The Morgan fingerprint density at radius 3 is 2.22 bits per heavy atom. The summed E-state index contributed by atoms with van der Waals surface area (Å²) in [5.41, 5.74) is 2.99. The number of hydrogen-bond acceptors (Lipinski definition) is 5. The molecule has 7 heteroatoms. The van der Waals surface area contributed by atoms with Crippen LogP contribution in [0.1, 0.15) is 11.1 Å². The number of carbonyl (C=O) groups excluding carboxylic acids is 2. The number of amides is 2. The Labute approximate surface area is 158 Å². The van der Waals surface area contributed by atoms with Crippen molar-refractivity contribution in [3.05, 3.63) is 53.6 Å². The molecule has 2 rings (SSSR count). The number of anilines is 2. The Balaban J connectivity index is 1.87. The third-order valence-corrected chi connectivity index (χ3v) is 3.67. The van der Waals surface area contributed by atoms with Crippen molar-refractivity contribution >= 4 is 23.4 Å². The smallest absolute Gasteiger partial charge is 0.411 e. The molecule has 0 aliphatic heterocycles. The maximum atomic E-state index is 12.2. The van der Waals surface area contributed by atoms with Crippen LogP contribution < -0.4 is 15.4 Å². The van der Waals surface area contributed by atoms with Crippen LogP contribution >= 0.6 is 0 Å². The average Bonchev–Trinajstić information content (AvgIpc) is 2.62. The highest BCUT2D eigenvalue weighted by atomic mass is 16.6. The lowest BCUT2D eigenvalue weighted by atomic mass is 10.1. The molecule has 2 N–H and O–H groups in total. The van der Waals surface area contributed by atoms with Crippen LogP contribution in [0.2, 0.25) is 0 Å². The number of carbonyl (C=O) groups is 2. The van der Waals surface area contributed by atoms with Crippen molar-refractivity contribution in [1.29, 1.82) is 0 Å². The molecular formula is C20H24N2O5. The molecule has 27 heavy (non-hydrogen) atoms.